The fourth-order valence-corrected chi connectivity index (χ4v) is 1.09. The lowest BCUT2D eigenvalue weighted by atomic mass is 10.2. The summed E-state index contributed by atoms with van der Waals surface area (Å²) in [6.07, 6.45) is 2.51. The van der Waals surface area contributed by atoms with Crippen molar-refractivity contribution in [2.45, 2.75) is 38.8 Å². The molecule has 0 fully saturated rings. The van der Waals surface area contributed by atoms with E-state index in [4.69, 9.17) is 16.3 Å². The molecule has 0 aliphatic carbocycles. The Labute approximate surface area is 80.6 Å². The summed E-state index contributed by atoms with van der Waals surface area (Å²) < 4.78 is 5.12. The Morgan fingerprint density at radius 3 is 2.58 bits per heavy atom. The zero-order chi connectivity index (χ0) is 9.40. The van der Waals surface area contributed by atoms with Gasteiger partial charge in [0, 0.05) is 25.6 Å². The molecule has 0 heterocycles. The van der Waals surface area contributed by atoms with Crippen molar-refractivity contribution in [3.8, 4) is 0 Å². The van der Waals surface area contributed by atoms with Gasteiger partial charge in [0.2, 0.25) is 0 Å². The number of rotatable bonds is 7. The molecule has 0 aromatic carbocycles. The van der Waals surface area contributed by atoms with Crippen LogP contribution in [0.25, 0.3) is 0 Å². The maximum Gasteiger partial charge on any atom is 0.0667 e. The lowest BCUT2D eigenvalue weighted by Crippen LogP contribution is -2.33. The highest BCUT2D eigenvalue weighted by atomic mass is 35.5. The van der Waals surface area contributed by atoms with Crippen molar-refractivity contribution in [2.75, 3.05) is 19.5 Å². The third-order valence-corrected chi connectivity index (χ3v) is 2.19. The van der Waals surface area contributed by atoms with Crippen molar-refractivity contribution in [3.05, 3.63) is 0 Å². The fourth-order valence-electron chi connectivity index (χ4n) is 0.936. The summed E-state index contributed by atoms with van der Waals surface area (Å²) in [6, 6.07) is 0.543. The molecular weight excluding hydrogens is 174 g/mol. The maximum absolute atomic E-state index is 5.58. The van der Waals surface area contributed by atoms with Gasteiger partial charge in [-0.05, 0) is 26.7 Å². The van der Waals surface area contributed by atoms with Gasteiger partial charge in [0.15, 0.2) is 0 Å². The molecule has 0 saturated heterocycles. The number of nitrogens with one attached hydrogen (secondary N) is 1. The Balaban J connectivity index is 3.24. The number of hydrogen-bond acceptors (Lipinski definition) is 2. The van der Waals surface area contributed by atoms with Gasteiger partial charge in [-0.25, -0.2) is 0 Å². The minimum atomic E-state index is 0.295. The lowest BCUT2D eigenvalue weighted by Gasteiger charge is -2.16. The summed E-state index contributed by atoms with van der Waals surface area (Å²) in [5, 5.41) is 3.38. The Hall–Kier alpha value is 0.210. The van der Waals surface area contributed by atoms with Crippen LogP contribution in [0.3, 0.4) is 0 Å². The topological polar surface area (TPSA) is 21.3 Å². The highest BCUT2D eigenvalue weighted by Gasteiger charge is 2.03. The van der Waals surface area contributed by atoms with Crippen LogP contribution in [0, 0.1) is 0 Å². The van der Waals surface area contributed by atoms with Gasteiger partial charge in [-0.15, -0.1) is 11.6 Å². The lowest BCUT2D eigenvalue weighted by molar-refractivity contribution is 0.114. The monoisotopic (exact) mass is 193 g/mol. The van der Waals surface area contributed by atoms with Crippen LogP contribution in [0.4, 0.5) is 0 Å². The molecule has 0 rings (SSSR count). The molecule has 3 heteroatoms. The molecule has 0 aliphatic heterocycles. The second-order valence-electron chi connectivity index (χ2n) is 3.19. The number of hydrogen-bond donors (Lipinski definition) is 1. The summed E-state index contributed by atoms with van der Waals surface area (Å²) in [5.41, 5.74) is 0. The molecule has 0 aromatic rings. The predicted octanol–water partition coefficient (Wildman–Crippen LogP) is 2.02. The summed E-state index contributed by atoms with van der Waals surface area (Å²) in [5.74, 6) is 0.756. The van der Waals surface area contributed by atoms with Crippen molar-refractivity contribution in [1.82, 2.24) is 5.32 Å². The van der Waals surface area contributed by atoms with Gasteiger partial charge in [0.05, 0.1) is 6.10 Å². The van der Waals surface area contributed by atoms with Crippen LogP contribution in [0.5, 0.6) is 0 Å². The Kier molecular flexibility index (Phi) is 7.98. The first-order valence-electron chi connectivity index (χ1n) is 4.52. The van der Waals surface area contributed by atoms with Crippen LogP contribution in [0.1, 0.15) is 26.7 Å². The van der Waals surface area contributed by atoms with Gasteiger partial charge < -0.3 is 10.1 Å². The molecule has 0 spiro atoms. The molecule has 2 unspecified atom stereocenters. The quantitative estimate of drug-likeness (QED) is 0.625. The van der Waals surface area contributed by atoms with Crippen LogP contribution in [-0.4, -0.2) is 31.7 Å². The average Bonchev–Trinajstić information content (AvgIpc) is 2.10. The Morgan fingerprint density at radius 2 is 2.08 bits per heavy atom. The van der Waals surface area contributed by atoms with E-state index < -0.39 is 0 Å². The molecule has 0 amide bonds. The van der Waals surface area contributed by atoms with Crippen LogP contribution in [-0.2, 0) is 4.74 Å². The number of halogens is 1. The van der Waals surface area contributed by atoms with E-state index in [-0.39, 0.29) is 0 Å². The van der Waals surface area contributed by atoms with E-state index in [9.17, 15) is 0 Å². The Bertz CT molecular complexity index is 101. The first-order valence-corrected chi connectivity index (χ1v) is 5.06. The molecule has 74 valence electrons. The molecule has 2 nitrogen and oxygen atoms in total. The van der Waals surface area contributed by atoms with Crippen molar-refractivity contribution in [2.24, 2.45) is 0 Å². The predicted molar refractivity (Wildman–Crippen MR) is 53.9 cm³/mol. The third-order valence-electron chi connectivity index (χ3n) is 1.93. The highest BCUT2D eigenvalue weighted by molar-refractivity contribution is 6.17. The molecule has 2 atom stereocenters. The van der Waals surface area contributed by atoms with Crippen LogP contribution in [0.15, 0.2) is 0 Å². The van der Waals surface area contributed by atoms with E-state index in [2.05, 4.69) is 19.2 Å². The third kappa shape index (κ3) is 6.89. The maximum atomic E-state index is 5.58. The van der Waals surface area contributed by atoms with Gasteiger partial charge in [-0.2, -0.15) is 0 Å². The first-order chi connectivity index (χ1) is 5.70. The van der Waals surface area contributed by atoms with Gasteiger partial charge in [0.25, 0.3) is 0 Å². The zero-order valence-corrected chi connectivity index (χ0v) is 9.03. The molecule has 0 aliphatic rings. The van der Waals surface area contributed by atoms with Crippen LogP contribution in [0.2, 0.25) is 0 Å². The van der Waals surface area contributed by atoms with Gasteiger partial charge in [-0.1, -0.05) is 0 Å². The van der Waals surface area contributed by atoms with Crippen molar-refractivity contribution in [1.29, 1.82) is 0 Å². The van der Waals surface area contributed by atoms with E-state index in [0.717, 1.165) is 25.3 Å². The average molecular weight is 194 g/mol. The van der Waals surface area contributed by atoms with Crippen molar-refractivity contribution >= 4 is 11.6 Å². The summed E-state index contributed by atoms with van der Waals surface area (Å²) in [4.78, 5) is 0. The van der Waals surface area contributed by atoms with E-state index in [1.165, 1.54) is 0 Å². The summed E-state index contributed by atoms with van der Waals surface area (Å²) in [7, 11) is 1.73. The number of methoxy groups -OCH3 is 1. The van der Waals surface area contributed by atoms with Gasteiger partial charge in [-0.3, -0.25) is 0 Å². The second-order valence-corrected chi connectivity index (χ2v) is 3.56. The van der Waals surface area contributed by atoms with E-state index >= 15 is 0 Å². The van der Waals surface area contributed by atoms with E-state index in [1.54, 1.807) is 7.11 Å². The zero-order valence-electron chi connectivity index (χ0n) is 8.27. The van der Waals surface area contributed by atoms with Crippen LogP contribution < -0.4 is 5.32 Å². The number of alkyl halides is 1. The van der Waals surface area contributed by atoms with Gasteiger partial charge >= 0.3 is 0 Å². The molecular formula is C9H20ClNO. The van der Waals surface area contributed by atoms with Crippen molar-refractivity contribution in [3.63, 3.8) is 0 Å². The first kappa shape index (κ1) is 12.2. The van der Waals surface area contributed by atoms with Gasteiger partial charge in [0.1, 0.15) is 0 Å². The minimum absolute atomic E-state index is 0.295. The summed E-state index contributed by atoms with van der Waals surface area (Å²) in [6.45, 7) is 5.15. The fraction of sp³-hybridized carbons (Fsp3) is 1.00. The second kappa shape index (κ2) is 7.84. The molecule has 12 heavy (non-hydrogen) atoms. The van der Waals surface area contributed by atoms with Crippen molar-refractivity contribution < 1.29 is 4.74 Å². The summed E-state index contributed by atoms with van der Waals surface area (Å²) >= 11 is 5.58. The Morgan fingerprint density at radius 1 is 1.42 bits per heavy atom. The van der Waals surface area contributed by atoms with E-state index in [0.29, 0.717) is 12.1 Å². The molecule has 0 bridgehead atoms. The highest BCUT2D eigenvalue weighted by Crippen LogP contribution is 1.98. The molecule has 0 radical (unpaired) electrons. The minimum Gasteiger partial charge on any atom is -0.380 e. The van der Waals surface area contributed by atoms with E-state index in [1.807, 2.05) is 0 Å². The standard InChI is InChI=1S/C9H20ClNO/c1-8(5-4-6-10)11-7-9(2)12-3/h8-9,11H,4-7H2,1-3H3. The van der Waals surface area contributed by atoms with Crippen LogP contribution >= 0.6 is 11.6 Å². The molecule has 0 saturated carbocycles. The SMILES string of the molecule is COC(C)CNC(C)CCCCl. The smallest absolute Gasteiger partial charge is 0.0667 e. The largest absolute Gasteiger partial charge is 0.380 e. The normalized spacial score (nSPS) is 16.0. The molecule has 0 aromatic heterocycles. The molecule has 1 N–H and O–H groups in total. The number of ether oxygens (including phenoxy) is 1.